The van der Waals surface area contributed by atoms with Gasteiger partial charge in [-0.1, -0.05) is 145 Å². The second-order valence-electron chi connectivity index (χ2n) is 19.1. The number of hydrogen-bond donors (Lipinski definition) is 0. The molecule has 5 aromatic rings. The lowest BCUT2D eigenvalue weighted by Crippen LogP contribution is -2.37. The molecule has 4 nitrogen and oxygen atoms in total. The van der Waals surface area contributed by atoms with Crippen LogP contribution in [0, 0.1) is 25.7 Å². The van der Waals surface area contributed by atoms with Crippen molar-refractivity contribution in [2.45, 2.75) is 132 Å². The molecule has 0 amide bonds. The average Bonchev–Trinajstić information content (AvgIpc) is 3.94. The molecule has 0 spiro atoms. The molecule has 2 unspecified atom stereocenters. The monoisotopic (exact) mass is 772 g/mol. The molecule has 2 aromatic heterocycles. The minimum absolute atomic E-state index is 0.0390. The molecule has 302 valence electrons. The Morgan fingerprint density at radius 2 is 1.50 bits per heavy atom. The van der Waals surface area contributed by atoms with Gasteiger partial charge in [0.05, 0.1) is 11.6 Å². The first-order valence-electron chi connectivity index (χ1n) is 21.9. The number of nitrogens with zero attached hydrogens (tertiary/aromatic N) is 4. The highest BCUT2D eigenvalue weighted by Crippen LogP contribution is 2.52. The van der Waals surface area contributed by atoms with Crippen LogP contribution in [0.2, 0.25) is 0 Å². The molecule has 0 saturated carbocycles. The zero-order valence-electron chi connectivity index (χ0n) is 37.4. The van der Waals surface area contributed by atoms with E-state index in [1.807, 2.05) is 6.20 Å². The number of rotatable bonds is 7. The molecule has 0 bridgehead atoms. The molecule has 3 aromatic carbocycles. The summed E-state index contributed by atoms with van der Waals surface area (Å²) in [6.07, 6.45) is 21.8. The van der Waals surface area contributed by atoms with Gasteiger partial charge in [-0.3, -0.25) is 4.57 Å². The third kappa shape index (κ3) is 7.80. The number of imidazole rings is 2. The Balaban J connectivity index is 0.000000177. The van der Waals surface area contributed by atoms with E-state index in [9.17, 15) is 0 Å². The highest BCUT2D eigenvalue weighted by atomic mass is 15.2. The van der Waals surface area contributed by atoms with Gasteiger partial charge in [-0.15, -0.1) is 0 Å². The van der Waals surface area contributed by atoms with E-state index in [0.717, 1.165) is 18.7 Å². The van der Waals surface area contributed by atoms with Crippen LogP contribution in [0.3, 0.4) is 0 Å². The van der Waals surface area contributed by atoms with Crippen molar-refractivity contribution in [3.05, 3.63) is 154 Å². The van der Waals surface area contributed by atoms with Crippen molar-refractivity contribution < 1.29 is 4.57 Å². The fourth-order valence-electron chi connectivity index (χ4n) is 9.74. The number of benzene rings is 3. The van der Waals surface area contributed by atoms with Crippen LogP contribution in [0.4, 0.5) is 0 Å². The molecule has 2 heterocycles. The van der Waals surface area contributed by atoms with Crippen LogP contribution in [-0.4, -0.2) is 14.1 Å². The topological polar surface area (TPSA) is 26.6 Å². The van der Waals surface area contributed by atoms with Gasteiger partial charge >= 0.3 is 0 Å². The molecular weight excluding hydrogens is 705 g/mol. The normalized spacial score (nSPS) is 18.0. The van der Waals surface area contributed by atoms with Crippen molar-refractivity contribution in [3.63, 3.8) is 0 Å². The number of hydrogen-bond acceptors (Lipinski definition) is 1. The molecular formula is C54H67N4+. The smallest absolute Gasteiger partial charge is 0.294 e. The first kappa shape index (κ1) is 41.2. The minimum Gasteiger partial charge on any atom is -0.300 e. The van der Waals surface area contributed by atoms with Crippen molar-refractivity contribution in [1.82, 2.24) is 14.1 Å². The van der Waals surface area contributed by atoms with E-state index >= 15 is 0 Å². The summed E-state index contributed by atoms with van der Waals surface area (Å²) in [5.41, 5.74) is 17.1. The zero-order chi connectivity index (χ0) is 41.5. The maximum Gasteiger partial charge on any atom is 0.294 e. The maximum atomic E-state index is 4.74. The van der Waals surface area contributed by atoms with Crippen LogP contribution in [-0.2, 0) is 10.8 Å². The molecule has 3 aliphatic carbocycles. The molecule has 8 rings (SSSR count). The van der Waals surface area contributed by atoms with Crippen LogP contribution in [0.1, 0.15) is 130 Å². The van der Waals surface area contributed by atoms with Crippen molar-refractivity contribution in [2.24, 2.45) is 11.8 Å². The Bertz CT molecular complexity index is 2370. The van der Waals surface area contributed by atoms with Crippen molar-refractivity contribution in [3.8, 4) is 28.5 Å². The van der Waals surface area contributed by atoms with Gasteiger partial charge in [0.15, 0.2) is 0 Å². The van der Waals surface area contributed by atoms with Crippen LogP contribution >= 0.6 is 0 Å². The molecule has 0 aliphatic heterocycles. The molecule has 0 saturated heterocycles. The second kappa shape index (κ2) is 16.4. The predicted octanol–water partition coefficient (Wildman–Crippen LogP) is 14.0. The fraction of sp³-hybridized carbons (Fsp3) is 0.407. The number of aromatic nitrogens is 4. The van der Waals surface area contributed by atoms with E-state index < -0.39 is 0 Å². The Kier molecular flexibility index (Phi) is 11.6. The summed E-state index contributed by atoms with van der Waals surface area (Å²) in [4.78, 5) is 4.74. The molecule has 2 atom stereocenters. The standard InChI is InChI=1S/C28H39N2.C26H28N2/c1-19(2)29-15-16-30(26(29)22-14-12-11-13-21(22)4)25-23(27(5,6)7)17-20(3)18-24(25)28(8,9)10;1-3-18-16-21-17-20-12-8-9-13-23(20)24(21)22(4-2)25(18)28-15-14-27-26(28)19-10-6-5-7-11-19/h11-19H,1-10H3;5-7,9-11,13-16,21,24H,3-4,8,12,17H2,1-2H3/q+1;. The van der Waals surface area contributed by atoms with Gasteiger partial charge in [0.2, 0.25) is 0 Å². The SMILES string of the molecule is CCC1=CC2CC3=C(C=CCC3)C2C(CC)=C1n1ccnc1-c1ccccc1.Cc1cc(C(C)(C)C)c(-n2cc[n+](C(C)C)c2-c2ccccc2C)c(C(C)(C)C)c1. The summed E-state index contributed by atoms with van der Waals surface area (Å²) in [7, 11) is 0. The highest BCUT2D eigenvalue weighted by Gasteiger charge is 2.40. The molecule has 0 N–H and O–H groups in total. The highest BCUT2D eigenvalue weighted by molar-refractivity contribution is 5.76. The lowest BCUT2D eigenvalue weighted by atomic mass is 9.75. The van der Waals surface area contributed by atoms with Gasteiger partial charge < -0.3 is 0 Å². The Morgan fingerprint density at radius 3 is 2.12 bits per heavy atom. The van der Waals surface area contributed by atoms with Crippen LogP contribution < -0.4 is 4.57 Å². The third-order valence-electron chi connectivity index (χ3n) is 12.5. The number of aryl methyl sites for hydroxylation is 2. The lowest BCUT2D eigenvalue weighted by Gasteiger charge is -2.33. The number of fused-ring (bicyclic) bond motifs is 2. The zero-order valence-corrected chi connectivity index (χ0v) is 37.4. The van der Waals surface area contributed by atoms with E-state index in [2.05, 4.69) is 200 Å². The van der Waals surface area contributed by atoms with Crippen LogP contribution in [0.25, 0.3) is 34.2 Å². The summed E-state index contributed by atoms with van der Waals surface area (Å²) in [6.45, 7) is 27.5. The van der Waals surface area contributed by atoms with Crippen molar-refractivity contribution in [2.75, 3.05) is 0 Å². The van der Waals surface area contributed by atoms with Crippen molar-refractivity contribution in [1.29, 1.82) is 0 Å². The van der Waals surface area contributed by atoms with Crippen molar-refractivity contribution >= 4 is 5.70 Å². The van der Waals surface area contributed by atoms with Gasteiger partial charge in [0.1, 0.15) is 23.9 Å². The molecule has 0 fully saturated rings. The summed E-state index contributed by atoms with van der Waals surface area (Å²) in [5, 5.41) is 0. The van der Waals surface area contributed by atoms with E-state index in [0.29, 0.717) is 17.9 Å². The third-order valence-corrected chi connectivity index (χ3v) is 12.5. The van der Waals surface area contributed by atoms with Gasteiger partial charge in [-0.2, -0.15) is 4.57 Å². The largest absolute Gasteiger partial charge is 0.300 e. The van der Waals surface area contributed by atoms with Crippen LogP contribution in [0.5, 0.6) is 0 Å². The fourth-order valence-corrected chi connectivity index (χ4v) is 9.74. The Hall–Kier alpha value is -4.96. The van der Waals surface area contributed by atoms with Gasteiger partial charge in [0, 0.05) is 40.7 Å². The van der Waals surface area contributed by atoms with Gasteiger partial charge in [-0.25, -0.2) is 9.55 Å². The Labute approximate surface area is 349 Å². The quantitative estimate of drug-likeness (QED) is 0.151. The first-order valence-corrected chi connectivity index (χ1v) is 21.9. The number of allylic oxidation sites excluding steroid dienone is 8. The summed E-state index contributed by atoms with van der Waals surface area (Å²) >= 11 is 0. The average molecular weight is 772 g/mol. The molecule has 4 heteroatoms. The van der Waals surface area contributed by atoms with E-state index in [4.69, 9.17) is 4.98 Å². The van der Waals surface area contributed by atoms with Gasteiger partial charge in [-0.05, 0) is 105 Å². The molecule has 58 heavy (non-hydrogen) atoms. The summed E-state index contributed by atoms with van der Waals surface area (Å²) in [5.74, 6) is 3.49. The first-order chi connectivity index (χ1) is 27.6. The minimum atomic E-state index is 0.0390. The van der Waals surface area contributed by atoms with E-state index in [-0.39, 0.29) is 10.8 Å². The van der Waals surface area contributed by atoms with E-state index in [1.165, 1.54) is 75.4 Å². The van der Waals surface area contributed by atoms with Crippen LogP contribution in [0.15, 0.2) is 132 Å². The molecule has 0 radical (unpaired) electrons. The predicted molar refractivity (Wildman–Crippen MR) is 245 cm³/mol. The summed E-state index contributed by atoms with van der Waals surface area (Å²) < 4.78 is 7.20. The Morgan fingerprint density at radius 1 is 0.828 bits per heavy atom. The summed E-state index contributed by atoms with van der Waals surface area (Å²) in [6, 6.07) is 24.4. The maximum absolute atomic E-state index is 4.74. The lowest BCUT2D eigenvalue weighted by molar-refractivity contribution is -0.704. The molecule has 3 aliphatic rings. The van der Waals surface area contributed by atoms with Gasteiger partial charge in [0.25, 0.3) is 5.82 Å². The second-order valence-corrected chi connectivity index (χ2v) is 19.1. The van der Waals surface area contributed by atoms with E-state index in [1.54, 1.807) is 16.7 Å².